The van der Waals surface area contributed by atoms with Gasteiger partial charge in [-0.3, -0.25) is 9.89 Å². The van der Waals surface area contributed by atoms with Gasteiger partial charge in [0.25, 0.3) is 0 Å². The van der Waals surface area contributed by atoms with E-state index in [1.165, 1.54) is 37.9 Å². The average Bonchev–Trinajstić information content (AvgIpc) is 2.61. The molecular formula is C19H29N3O. The summed E-state index contributed by atoms with van der Waals surface area (Å²) in [7, 11) is 0. The summed E-state index contributed by atoms with van der Waals surface area (Å²) >= 11 is 0. The minimum Gasteiger partial charge on any atom is -0.491 e. The van der Waals surface area contributed by atoms with Gasteiger partial charge in [0.15, 0.2) is 0 Å². The highest BCUT2D eigenvalue weighted by atomic mass is 16.5. The van der Waals surface area contributed by atoms with E-state index in [1.54, 1.807) is 0 Å². The number of benzene rings is 1. The molecule has 4 heteroatoms. The molecule has 1 saturated heterocycles. The van der Waals surface area contributed by atoms with Crippen LogP contribution < -0.4 is 5.73 Å². The van der Waals surface area contributed by atoms with Gasteiger partial charge in [-0.2, -0.15) is 0 Å². The summed E-state index contributed by atoms with van der Waals surface area (Å²) in [6.07, 6.45) is 7.80. The van der Waals surface area contributed by atoms with E-state index in [2.05, 4.69) is 22.0 Å². The summed E-state index contributed by atoms with van der Waals surface area (Å²) < 4.78 is 5.83. The molecule has 1 aromatic carbocycles. The third kappa shape index (κ3) is 6.55. The number of piperidine rings is 1. The van der Waals surface area contributed by atoms with Crippen molar-refractivity contribution in [3.63, 3.8) is 0 Å². The maximum atomic E-state index is 5.83. The van der Waals surface area contributed by atoms with E-state index in [-0.39, 0.29) is 0 Å². The topological polar surface area (TPSA) is 50.9 Å². The van der Waals surface area contributed by atoms with Gasteiger partial charge in [-0.25, -0.2) is 0 Å². The minimum atomic E-state index is 0.567. The molecule has 0 spiro atoms. The van der Waals surface area contributed by atoms with E-state index in [4.69, 9.17) is 10.5 Å². The minimum absolute atomic E-state index is 0.567. The van der Waals surface area contributed by atoms with Crippen molar-refractivity contribution in [2.45, 2.75) is 39.3 Å². The van der Waals surface area contributed by atoms with Gasteiger partial charge in [0.05, 0.1) is 12.8 Å². The molecule has 4 nitrogen and oxygen atoms in total. The first kappa shape index (κ1) is 17.7. The Balaban J connectivity index is 1.72. The van der Waals surface area contributed by atoms with Gasteiger partial charge in [-0.05, 0) is 50.1 Å². The second kappa shape index (κ2) is 10.2. The molecule has 1 aliphatic heterocycles. The van der Waals surface area contributed by atoms with Crippen molar-refractivity contribution in [3.05, 3.63) is 47.2 Å². The van der Waals surface area contributed by atoms with Crippen LogP contribution >= 0.6 is 0 Å². The number of likely N-dealkylation sites (tertiary alicyclic amines) is 1. The van der Waals surface area contributed by atoms with Crippen LogP contribution in [0.3, 0.4) is 0 Å². The standard InChI is InChI=1S/C19H29N3O/c1-2-19(23-12-11-22-9-4-3-5-10-22)16-21-15-18-8-6-7-17(13-18)14-20/h2,6-8,13,16H,3-5,9-12,14-15,20H2,1H3/b19-2+,21-16-. The number of aliphatic imine (C=N–C) groups is 1. The number of rotatable bonds is 8. The first-order valence-electron chi connectivity index (χ1n) is 8.61. The highest BCUT2D eigenvalue weighted by molar-refractivity contribution is 5.75. The van der Waals surface area contributed by atoms with Gasteiger partial charge in [-0.1, -0.05) is 30.7 Å². The number of allylic oxidation sites excluding steroid dienone is 2. The van der Waals surface area contributed by atoms with Crippen LogP contribution in [0, 0.1) is 0 Å². The molecule has 23 heavy (non-hydrogen) atoms. The molecule has 1 aliphatic rings. The molecule has 0 saturated carbocycles. The van der Waals surface area contributed by atoms with Crippen LogP contribution in [0.1, 0.15) is 37.3 Å². The summed E-state index contributed by atoms with van der Waals surface area (Å²) in [6, 6.07) is 8.24. The molecule has 1 fully saturated rings. The molecule has 1 aromatic rings. The fourth-order valence-corrected chi connectivity index (χ4v) is 2.77. The molecule has 0 amide bonds. The molecule has 0 aliphatic carbocycles. The van der Waals surface area contributed by atoms with E-state index in [0.29, 0.717) is 13.1 Å². The number of nitrogens with two attached hydrogens (primary N) is 1. The third-order valence-electron chi connectivity index (χ3n) is 4.13. The van der Waals surface area contributed by atoms with Crippen molar-refractivity contribution in [1.29, 1.82) is 0 Å². The predicted molar refractivity (Wildman–Crippen MR) is 96.5 cm³/mol. The van der Waals surface area contributed by atoms with Crippen molar-refractivity contribution >= 4 is 6.21 Å². The maximum absolute atomic E-state index is 5.83. The molecule has 0 unspecified atom stereocenters. The van der Waals surface area contributed by atoms with E-state index < -0.39 is 0 Å². The second-order valence-electron chi connectivity index (χ2n) is 5.94. The van der Waals surface area contributed by atoms with Crippen LogP contribution in [0.5, 0.6) is 0 Å². The Morgan fingerprint density at radius 3 is 2.78 bits per heavy atom. The summed E-state index contributed by atoms with van der Waals surface area (Å²) in [6.45, 7) is 7.35. The van der Waals surface area contributed by atoms with Crippen LogP contribution in [0.15, 0.2) is 41.1 Å². The zero-order chi connectivity index (χ0) is 16.3. The van der Waals surface area contributed by atoms with Gasteiger partial charge in [-0.15, -0.1) is 0 Å². The van der Waals surface area contributed by atoms with E-state index >= 15 is 0 Å². The zero-order valence-electron chi connectivity index (χ0n) is 14.2. The lowest BCUT2D eigenvalue weighted by atomic mass is 10.1. The quantitative estimate of drug-likeness (QED) is 0.592. The highest BCUT2D eigenvalue weighted by Gasteiger charge is 2.09. The lowest BCUT2D eigenvalue weighted by Crippen LogP contribution is -2.32. The number of ether oxygens (including phenoxy) is 1. The number of nitrogens with zero attached hydrogens (tertiary/aromatic N) is 2. The Labute approximate surface area is 140 Å². The van der Waals surface area contributed by atoms with Gasteiger partial charge in [0, 0.05) is 13.1 Å². The van der Waals surface area contributed by atoms with Crippen molar-refractivity contribution in [2.24, 2.45) is 10.7 Å². The Bertz CT molecular complexity index is 519. The van der Waals surface area contributed by atoms with Crippen LogP contribution in [0.4, 0.5) is 0 Å². The predicted octanol–water partition coefficient (Wildman–Crippen LogP) is 3.12. The number of hydrogen-bond acceptors (Lipinski definition) is 4. The first-order chi connectivity index (χ1) is 11.3. The molecule has 0 aromatic heterocycles. The number of hydrogen-bond donors (Lipinski definition) is 1. The molecular weight excluding hydrogens is 286 g/mol. The smallest absolute Gasteiger partial charge is 0.132 e. The third-order valence-corrected chi connectivity index (χ3v) is 4.13. The zero-order valence-corrected chi connectivity index (χ0v) is 14.2. The summed E-state index contributed by atoms with van der Waals surface area (Å²) in [5, 5.41) is 0. The summed E-state index contributed by atoms with van der Waals surface area (Å²) in [4.78, 5) is 6.96. The van der Waals surface area contributed by atoms with Crippen LogP contribution in [0.2, 0.25) is 0 Å². The molecule has 2 rings (SSSR count). The van der Waals surface area contributed by atoms with Gasteiger partial charge in [0.2, 0.25) is 0 Å². The summed E-state index contributed by atoms with van der Waals surface area (Å²) in [5.74, 6) is 0.844. The fraction of sp³-hybridized carbons (Fsp3) is 0.526. The Morgan fingerprint density at radius 2 is 2.04 bits per heavy atom. The van der Waals surface area contributed by atoms with Crippen LogP contribution in [0.25, 0.3) is 0 Å². The normalized spacial score (nSPS) is 16.9. The first-order valence-corrected chi connectivity index (χ1v) is 8.61. The molecule has 126 valence electrons. The molecule has 1 heterocycles. The van der Waals surface area contributed by atoms with Crippen molar-refractivity contribution in [2.75, 3.05) is 26.2 Å². The Morgan fingerprint density at radius 1 is 1.26 bits per heavy atom. The Hall–Kier alpha value is -1.65. The largest absolute Gasteiger partial charge is 0.491 e. The summed E-state index contributed by atoms with van der Waals surface area (Å²) in [5.41, 5.74) is 7.98. The maximum Gasteiger partial charge on any atom is 0.132 e. The van der Waals surface area contributed by atoms with Gasteiger partial charge < -0.3 is 10.5 Å². The van der Waals surface area contributed by atoms with Crippen molar-refractivity contribution in [3.8, 4) is 0 Å². The SMILES string of the molecule is C/C=C(\C=N/Cc1cccc(CN)c1)OCCN1CCCCC1. The molecule has 0 bridgehead atoms. The van der Waals surface area contributed by atoms with Crippen molar-refractivity contribution < 1.29 is 4.74 Å². The Kier molecular flexibility index (Phi) is 7.84. The monoisotopic (exact) mass is 315 g/mol. The molecule has 0 atom stereocenters. The van der Waals surface area contributed by atoms with E-state index in [0.717, 1.165) is 24.5 Å². The van der Waals surface area contributed by atoms with Crippen LogP contribution in [-0.4, -0.2) is 37.4 Å². The van der Waals surface area contributed by atoms with Crippen molar-refractivity contribution in [1.82, 2.24) is 4.90 Å². The highest BCUT2D eigenvalue weighted by Crippen LogP contribution is 2.09. The lowest BCUT2D eigenvalue weighted by molar-refractivity contribution is 0.152. The molecule has 0 radical (unpaired) electrons. The lowest BCUT2D eigenvalue weighted by Gasteiger charge is -2.26. The molecule has 2 N–H and O–H groups in total. The van der Waals surface area contributed by atoms with Crippen LogP contribution in [-0.2, 0) is 17.8 Å². The van der Waals surface area contributed by atoms with Gasteiger partial charge in [0.1, 0.15) is 12.4 Å². The average molecular weight is 315 g/mol. The fourth-order valence-electron chi connectivity index (χ4n) is 2.77. The van der Waals surface area contributed by atoms with Gasteiger partial charge >= 0.3 is 0 Å². The second-order valence-corrected chi connectivity index (χ2v) is 5.94. The van der Waals surface area contributed by atoms with E-state index in [9.17, 15) is 0 Å². The van der Waals surface area contributed by atoms with E-state index in [1.807, 2.05) is 31.3 Å².